The van der Waals surface area contributed by atoms with E-state index in [1.54, 1.807) is 0 Å². The molecule has 0 aliphatic rings. The molecular weight excluding hydrogens is 1400 g/mol. The number of hydrogen-bond donors (Lipinski definition) is 3. The molecule has 0 heterocycles. The van der Waals surface area contributed by atoms with Gasteiger partial charge in [-0.1, -0.05) is 281 Å². The highest BCUT2D eigenvalue weighted by Crippen LogP contribution is 2.45. The van der Waals surface area contributed by atoms with Gasteiger partial charge >= 0.3 is 39.5 Å². The molecule has 0 spiro atoms. The summed E-state index contributed by atoms with van der Waals surface area (Å²) in [5.74, 6) is -2.33. The first-order chi connectivity index (χ1) is 52.7. The second kappa shape index (κ2) is 79.3. The standard InChI is InChI=1S/C89H144O17P2/c1-5-9-13-17-21-25-29-33-37-40-41-44-47-50-54-58-62-66-70-74-87(92)100-80-85(106-89(94)76-72-68-64-60-56-52-48-43-39-35-31-27-23-19-15-11-7-3)82-104-108(97,98)102-78-83(90)77-101-107(95,96)103-81-84(105-88(93)75-71-67-63-59-55-51-45-36-32-28-24-20-16-12-8-4)79-99-86(91)73-69-65-61-57-53-49-46-42-38-34-30-26-22-18-14-10-6-2/h9-11,13-15,21-23,25-27,33-39,41,44-46,48-50,52,54,57,61,83-85,90H,5-8,12,16-20,24,28-32,40,42-43,47,51,53,55-56,58-60,62-82H2,1-4H3,(H,95,96)(H,97,98)/b13-9-,14-10-,15-11-,25-21-,26-22-,27-23-,37-33-,38-34-,39-35-,44-41-,45-36-,49-46-,52-48-,54-50-,61-57-. The van der Waals surface area contributed by atoms with Crippen LogP contribution in [0.25, 0.3) is 0 Å². The number of esters is 4. The van der Waals surface area contributed by atoms with E-state index in [1.165, 1.54) is 38.5 Å². The average molecular weight is 1550 g/mol. The Balaban J connectivity index is 5.50. The maximum absolute atomic E-state index is 13.1. The van der Waals surface area contributed by atoms with Crippen LogP contribution in [0.3, 0.4) is 0 Å². The van der Waals surface area contributed by atoms with Gasteiger partial charge in [0.05, 0.1) is 26.4 Å². The van der Waals surface area contributed by atoms with Crippen LogP contribution in [-0.4, -0.2) is 96.7 Å². The molecule has 0 rings (SSSR count). The molecule has 0 aliphatic heterocycles. The highest BCUT2D eigenvalue weighted by atomic mass is 31.2. The van der Waals surface area contributed by atoms with E-state index in [1.807, 2.05) is 12.2 Å². The predicted octanol–water partition coefficient (Wildman–Crippen LogP) is 24.3. The molecule has 19 heteroatoms. The second-order valence-electron chi connectivity index (χ2n) is 26.6. The van der Waals surface area contributed by atoms with Crippen molar-refractivity contribution in [1.82, 2.24) is 0 Å². The molecule has 0 aromatic heterocycles. The Morgan fingerprint density at radius 2 is 0.491 bits per heavy atom. The molecule has 5 atom stereocenters. The third-order valence-corrected chi connectivity index (χ3v) is 18.2. The summed E-state index contributed by atoms with van der Waals surface area (Å²) in [5.41, 5.74) is 0. The maximum Gasteiger partial charge on any atom is 0.472 e. The van der Waals surface area contributed by atoms with E-state index in [0.717, 1.165) is 173 Å². The zero-order valence-electron chi connectivity index (χ0n) is 66.9. The first kappa shape index (κ1) is 102. The molecule has 0 aliphatic carbocycles. The normalized spacial score (nSPS) is 14.8. The first-order valence-electron chi connectivity index (χ1n) is 41.0. The molecule has 0 amide bonds. The van der Waals surface area contributed by atoms with Crippen LogP contribution in [0.1, 0.15) is 297 Å². The lowest BCUT2D eigenvalue weighted by Gasteiger charge is -2.21. The Labute approximate surface area is 654 Å². The van der Waals surface area contributed by atoms with E-state index >= 15 is 0 Å². The van der Waals surface area contributed by atoms with Crippen LogP contribution >= 0.6 is 15.6 Å². The number of aliphatic hydroxyl groups is 1. The molecule has 5 unspecified atom stereocenters. The van der Waals surface area contributed by atoms with Crippen molar-refractivity contribution in [2.75, 3.05) is 39.6 Å². The maximum atomic E-state index is 13.1. The Morgan fingerprint density at radius 3 is 0.796 bits per heavy atom. The lowest BCUT2D eigenvalue weighted by Crippen LogP contribution is -2.30. The summed E-state index contributed by atoms with van der Waals surface area (Å²) >= 11 is 0. The minimum Gasteiger partial charge on any atom is -0.462 e. The number of allylic oxidation sites excluding steroid dienone is 30. The molecule has 108 heavy (non-hydrogen) atoms. The van der Waals surface area contributed by atoms with Gasteiger partial charge in [0.25, 0.3) is 0 Å². The summed E-state index contributed by atoms with van der Waals surface area (Å²) in [6.07, 6.45) is 95.8. The molecule has 17 nitrogen and oxygen atoms in total. The van der Waals surface area contributed by atoms with Crippen LogP contribution in [0.4, 0.5) is 0 Å². The Hall–Kier alpha value is -5.84. The first-order valence-corrected chi connectivity index (χ1v) is 44.0. The molecule has 0 aromatic rings. The van der Waals surface area contributed by atoms with Crippen molar-refractivity contribution in [2.24, 2.45) is 0 Å². The minimum atomic E-state index is -5.01. The van der Waals surface area contributed by atoms with Crippen LogP contribution < -0.4 is 0 Å². The fraction of sp³-hybridized carbons (Fsp3) is 0.618. The highest BCUT2D eigenvalue weighted by Gasteiger charge is 2.30. The van der Waals surface area contributed by atoms with E-state index in [4.69, 9.17) is 37.0 Å². The van der Waals surface area contributed by atoms with Gasteiger partial charge in [0.15, 0.2) is 12.2 Å². The molecule has 0 fully saturated rings. The van der Waals surface area contributed by atoms with Gasteiger partial charge in [-0.15, -0.1) is 0 Å². The summed E-state index contributed by atoms with van der Waals surface area (Å²) in [5, 5.41) is 10.7. The predicted molar refractivity (Wildman–Crippen MR) is 445 cm³/mol. The fourth-order valence-corrected chi connectivity index (χ4v) is 11.8. The van der Waals surface area contributed by atoms with Gasteiger partial charge in [0.1, 0.15) is 19.3 Å². The quantitative estimate of drug-likeness (QED) is 0.0169. The lowest BCUT2D eigenvalue weighted by molar-refractivity contribution is -0.161. The Morgan fingerprint density at radius 1 is 0.269 bits per heavy atom. The van der Waals surface area contributed by atoms with Crippen molar-refractivity contribution in [3.8, 4) is 0 Å². The number of phosphoric acid groups is 2. The van der Waals surface area contributed by atoms with Crippen molar-refractivity contribution >= 4 is 39.5 Å². The number of phosphoric ester groups is 2. The van der Waals surface area contributed by atoms with Crippen molar-refractivity contribution in [3.05, 3.63) is 182 Å². The van der Waals surface area contributed by atoms with Crippen LogP contribution in [0.2, 0.25) is 0 Å². The van der Waals surface area contributed by atoms with Gasteiger partial charge in [0, 0.05) is 25.7 Å². The Kier molecular flexibility index (Phi) is 75.0. The van der Waals surface area contributed by atoms with Gasteiger partial charge in [-0.05, 0) is 173 Å². The van der Waals surface area contributed by atoms with Gasteiger partial charge in [0.2, 0.25) is 0 Å². The lowest BCUT2D eigenvalue weighted by atomic mass is 10.1. The number of carbonyl (C=O) groups is 4. The van der Waals surface area contributed by atoms with Crippen LogP contribution in [-0.2, 0) is 65.4 Å². The molecule has 612 valence electrons. The molecule has 0 saturated heterocycles. The van der Waals surface area contributed by atoms with Gasteiger partial charge in [-0.3, -0.25) is 37.3 Å². The van der Waals surface area contributed by atoms with Crippen molar-refractivity contribution < 1.29 is 80.2 Å². The van der Waals surface area contributed by atoms with E-state index in [-0.39, 0.29) is 25.7 Å². The van der Waals surface area contributed by atoms with Crippen LogP contribution in [0, 0.1) is 0 Å². The van der Waals surface area contributed by atoms with E-state index in [9.17, 15) is 43.2 Å². The number of unbranched alkanes of at least 4 members (excludes halogenated alkanes) is 19. The van der Waals surface area contributed by atoms with Gasteiger partial charge in [-0.25, -0.2) is 9.13 Å². The summed E-state index contributed by atoms with van der Waals surface area (Å²) in [7, 11) is -10.0. The Bertz CT molecular complexity index is 2760. The smallest absolute Gasteiger partial charge is 0.462 e. The average Bonchev–Trinajstić information content (AvgIpc) is 0.906. The fourth-order valence-electron chi connectivity index (χ4n) is 10.2. The number of hydrogen-bond acceptors (Lipinski definition) is 15. The highest BCUT2D eigenvalue weighted by molar-refractivity contribution is 7.47. The summed E-state index contributed by atoms with van der Waals surface area (Å²) in [4.78, 5) is 73.1. The van der Waals surface area contributed by atoms with E-state index < -0.39 is 97.5 Å². The van der Waals surface area contributed by atoms with E-state index in [0.29, 0.717) is 32.1 Å². The largest absolute Gasteiger partial charge is 0.472 e. The van der Waals surface area contributed by atoms with Gasteiger partial charge < -0.3 is 33.8 Å². The van der Waals surface area contributed by atoms with Crippen molar-refractivity contribution in [1.29, 1.82) is 0 Å². The van der Waals surface area contributed by atoms with Crippen molar-refractivity contribution in [2.45, 2.75) is 316 Å². The van der Waals surface area contributed by atoms with Crippen LogP contribution in [0.5, 0.6) is 0 Å². The monoisotopic (exact) mass is 1550 g/mol. The number of carbonyl (C=O) groups excluding carboxylic acids is 4. The van der Waals surface area contributed by atoms with Gasteiger partial charge in [-0.2, -0.15) is 0 Å². The zero-order valence-corrected chi connectivity index (χ0v) is 68.7. The SMILES string of the molecule is CC/C=C\C/C=C\C/C=C\C/C=C\C/C=C\CCCCCC(=O)OCC(COP(=O)(O)OCC(O)COP(=O)(O)OCC(COC(=O)CCC/C=C\C/C=C\C/C=C\C/C=C\C/C=C\CC)OC(=O)CCCCCCC/C=C\CCCCCCCC)OC(=O)CCCCCC/C=C\C/C=C\C/C=C\C/C=C\CC. The summed E-state index contributed by atoms with van der Waals surface area (Å²) in [6.45, 7) is 4.38. The number of aliphatic hydroxyl groups excluding tert-OH is 1. The third kappa shape index (κ3) is 78.3. The number of rotatable bonds is 75. The molecular formula is C89H144O17P2. The molecule has 0 saturated carbocycles. The second-order valence-corrected chi connectivity index (χ2v) is 29.5. The summed E-state index contributed by atoms with van der Waals surface area (Å²) in [6, 6.07) is 0. The zero-order chi connectivity index (χ0) is 78.9. The van der Waals surface area contributed by atoms with E-state index in [2.05, 4.69) is 198 Å². The molecule has 3 N–H and O–H groups in total. The van der Waals surface area contributed by atoms with Crippen LogP contribution in [0.15, 0.2) is 182 Å². The molecule has 0 aromatic carbocycles. The third-order valence-electron chi connectivity index (χ3n) is 16.3. The number of ether oxygens (including phenoxy) is 4. The topological polar surface area (TPSA) is 237 Å². The molecule has 0 radical (unpaired) electrons. The molecule has 0 bridgehead atoms. The minimum absolute atomic E-state index is 0.0507. The van der Waals surface area contributed by atoms with Crippen molar-refractivity contribution in [3.63, 3.8) is 0 Å². The summed E-state index contributed by atoms with van der Waals surface area (Å²) < 4.78 is 68.6.